The Morgan fingerprint density at radius 1 is 1.12 bits per heavy atom. The maximum Gasteiger partial charge on any atom is 0.416 e. The minimum atomic E-state index is -4.55. The van der Waals surface area contributed by atoms with E-state index in [9.17, 15) is 18.0 Å². The van der Waals surface area contributed by atoms with Crippen molar-refractivity contribution in [2.24, 2.45) is 5.73 Å². The minimum Gasteiger partial charge on any atom is -0.397 e. The zero-order valence-corrected chi connectivity index (χ0v) is 19.4. The van der Waals surface area contributed by atoms with Crippen molar-refractivity contribution in [1.29, 1.82) is 0 Å². The van der Waals surface area contributed by atoms with Crippen LogP contribution in [0, 0.1) is 0 Å². The van der Waals surface area contributed by atoms with Crippen molar-refractivity contribution in [1.82, 2.24) is 4.98 Å². The minimum absolute atomic E-state index is 0.0283. The number of nitrogens with two attached hydrogens (primary N) is 2. The van der Waals surface area contributed by atoms with Gasteiger partial charge >= 0.3 is 6.18 Å². The molecule has 0 saturated carbocycles. The number of hydrogen-bond donors (Lipinski definition) is 2. The van der Waals surface area contributed by atoms with Crippen LogP contribution < -0.4 is 16.4 Å². The average molecular weight is 491 g/mol. The van der Waals surface area contributed by atoms with Crippen LogP contribution in [0.15, 0.2) is 53.9 Å². The second kappa shape index (κ2) is 8.44. The summed E-state index contributed by atoms with van der Waals surface area (Å²) < 4.78 is 40.0. The number of benzene rings is 1. The summed E-state index contributed by atoms with van der Waals surface area (Å²) in [5.74, 6) is -0.525. The molecule has 4 N–H and O–H groups in total. The Labute approximate surface area is 196 Å². The van der Waals surface area contributed by atoms with Crippen LogP contribution in [0.2, 0.25) is 0 Å². The van der Waals surface area contributed by atoms with Gasteiger partial charge in [0.1, 0.15) is 9.71 Å². The van der Waals surface area contributed by atoms with Crippen LogP contribution in [0.5, 0.6) is 0 Å². The van der Waals surface area contributed by atoms with Gasteiger partial charge in [0.2, 0.25) is 0 Å². The van der Waals surface area contributed by atoms with Gasteiger partial charge in [-0.05, 0) is 55.6 Å². The Hall–Kier alpha value is -2.95. The van der Waals surface area contributed by atoms with Gasteiger partial charge in [-0.25, -0.2) is 4.98 Å². The van der Waals surface area contributed by atoms with Gasteiger partial charge in [0.15, 0.2) is 0 Å². The first-order valence-electron chi connectivity index (χ1n) is 9.98. The van der Waals surface area contributed by atoms with Crippen LogP contribution >= 0.6 is 22.7 Å². The van der Waals surface area contributed by atoms with E-state index in [1.54, 1.807) is 25.2 Å². The van der Waals surface area contributed by atoms with E-state index in [0.717, 1.165) is 34.0 Å². The van der Waals surface area contributed by atoms with Crippen molar-refractivity contribution in [3.63, 3.8) is 0 Å². The summed E-state index contributed by atoms with van der Waals surface area (Å²) in [4.78, 5) is 21.4. The molecule has 4 rings (SSSR count). The lowest BCUT2D eigenvalue weighted by Gasteiger charge is -2.38. The van der Waals surface area contributed by atoms with Gasteiger partial charge in [-0.15, -0.1) is 22.7 Å². The number of hydrogen-bond acceptors (Lipinski definition) is 6. The lowest BCUT2D eigenvalue weighted by molar-refractivity contribution is -0.137. The highest BCUT2D eigenvalue weighted by molar-refractivity contribution is 7.21. The van der Waals surface area contributed by atoms with Gasteiger partial charge in [-0.2, -0.15) is 13.2 Å². The van der Waals surface area contributed by atoms with E-state index in [4.69, 9.17) is 11.5 Å². The molecule has 0 aliphatic rings. The number of pyridine rings is 1. The summed E-state index contributed by atoms with van der Waals surface area (Å²) in [6.07, 6.45) is -4.55. The maximum atomic E-state index is 13.7. The van der Waals surface area contributed by atoms with Gasteiger partial charge in [0.05, 0.1) is 27.4 Å². The number of aromatic nitrogens is 1. The Bertz CT molecular complexity index is 1310. The Kier molecular flexibility index (Phi) is 5.94. The van der Waals surface area contributed by atoms with Gasteiger partial charge in [0, 0.05) is 17.6 Å². The average Bonchev–Trinajstić information content (AvgIpc) is 3.41. The van der Waals surface area contributed by atoms with E-state index in [1.165, 1.54) is 17.0 Å². The predicted molar refractivity (Wildman–Crippen MR) is 129 cm³/mol. The number of thiophene rings is 2. The molecule has 0 radical (unpaired) electrons. The number of carbonyl (C=O) groups is 1. The highest BCUT2D eigenvalue weighted by Crippen LogP contribution is 2.39. The van der Waals surface area contributed by atoms with Gasteiger partial charge < -0.3 is 16.4 Å². The molecule has 0 unspecified atom stereocenters. The molecule has 33 heavy (non-hydrogen) atoms. The molecule has 1 amide bonds. The zero-order valence-electron chi connectivity index (χ0n) is 17.8. The van der Waals surface area contributed by atoms with E-state index in [1.807, 2.05) is 29.6 Å². The normalized spacial score (nSPS) is 12.3. The number of carbonyl (C=O) groups excluding carboxylic acids is 1. The lowest BCUT2D eigenvalue weighted by Crippen LogP contribution is -2.52. The van der Waals surface area contributed by atoms with Crippen molar-refractivity contribution < 1.29 is 18.0 Å². The van der Waals surface area contributed by atoms with Crippen molar-refractivity contribution in [3.8, 4) is 10.6 Å². The first-order chi connectivity index (χ1) is 15.5. The van der Waals surface area contributed by atoms with Crippen molar-refractivity contribution >= 4 is 50.2 Å². The first-order valence-corrected chi connectivity index (χ1v) is 11.7. The molecular weight excluding hydrogens is 469 g/mol. The summed E-state index contributed by atoms with van der Waals surface area (Å²) in [6.45, 7) is 3.42. The molecule has 0 fully saturated rings. The number of anilines is 2. The van der Waals surface area contributed by atoms with E-state index >= 15 is 0 Å². The van der Waals surface area contributed by atoms with E-state index in [2.05, 4.69) is 4.98 Å². The fourth-order valence-corrected chi connectivity index (χ4v) is 5.19. The fourth-order valence-electron chi connectivity index (χ4n) is 3.47. The highest BCUT2D eigenvalue weighted by atomic mass is 32.1. The van der Waals surface area contributed by atoms with Crippen molar-refractivity contribution in [2.45, 2.75) is 25.6 Å². The molecule has 172 valence electrons. The monoisotopic (exact) mass is 490 g/mol. The fraction of sp³-hybridized carbons (Fsp3) is 0.217. The summed E-state index contributed by atoms with van der Waals surface area (Å²) >= 11 is 2.66. The third-order valence-corrected chi connectivity index (χ3v) is 7.30. The van der Waals surface area contributed by atoms with Gasteiger partial charge in [-0.3, -0.25) is 4.79 Å². The third kappa shape index (κ3) is 4.33. The van der Waals surface area contributed by atoms with Crippen LogP contribution in [0.1, 0.15) is 29.1 Å². The number of alkyl halides is 3. The van der Waals surface area contributed by atoms with Crippen LogP contribution in [0.25, 0.3) is 20.8 Å². The van der Waals surface area contributed by atoms with Crippen molar-refractivity contribution in [3.05, 3.63) is 64.4 Å². The van der Waals surface area contributed by atoms with Crippen LogP contribution in [0.3, 0.4) is 0 Å². The van der Waals surface area contributed by atoms with Crippen molar-refractivity contribution in [2.75, 3.05) is 17.2 Å². The summed E-state index contributed by atoms with van der Waals surface area (Å²) in [6, 6.07) is 12.2. The largest absolute Gasteiger partial charge is 0.416 e. The molecule has 0 spiro atoms. The van der Waals surface area contributed by atoms with Gasteiger partial charge in [0.25, 0.3) is 5.91 Å². The molecule has 0 bridgehead atoms. The molecule has 1 aromatic carbocycles. The lowest BCUT2D eigenvalue weighted by atomic mass is 10.00. The predicted octanol–water partition coefficient (Wildman–Crippen LogP) is 6.01. The third-order valence-electron chi connectivity index (χ3n) is 5.30. The molecular formula is C23H21F3N4OS2. The topological polar surface area (TPSA) is 85.2 Å². The standard InChI is InChI=1S/C23H21F3N4OS2/c1-22(2,12-27)30(14-6-3-5-13(11-14)23(24,25)26)21(31)19-18(28)15-8-9-16(29-20(15)33-19)17-7-4-10-32-17/h3-11H,12,27-28H2,1-2H3. The summed E-state index contributed by atoms with van der Waals surface area (Å²) in [7, 11) is 0. The molecule has 0 atom stereocenters. The Morgan fingerprint density at radius 2 is 1.88 bits per heavy atom. The highest BCUT2D eigenvalue weighted by Gasteiger charge is 2.36. The molecule has 3 heterocycles. The summed E-state index contributed by atoms with van der Waals surface area (Å²) in [5.41, 5.74) is 11.5. The number of halogens is 3. The first kappa shape index (κ1) is 23.2. The van der Waals surface area contributed by atoms with E-state index in [-0.39, 0.29) is 22.8 Å². The van der Waals surface area contributed by atoms with E-state index < -0.39 is 23.2 Å². The van der Waals surface area contributed by atoms with Gasteiger partial charge in [-0.1, -0.05) is 12.1 Å². The SMILES string of the molecule is CC(C)(CN)N(C(=O)c1sc2nc(-c3cccs3)ccc2c1N)c1cccc(C(F)(F)F)c1. The summed E-state index contributed by atoms with van der Waals surface area (Å²) in [5, 5.41) is 2.57. The van der Waals surface area contributed by atoms with Crippen LogP contribution in [0.4, 0.5) is 24.5 Å². The van der Waals surface area contributed by atoms with Crippen LogP contribution in [-0.4, -0.2) is 23.0 Å². The number of nitrogen functional groups attached to an aromatic ring is 1. The molecule has 0 aliphatic carbocycles. The Morgan fingerprint density at radius 3 is 2.52 bits per heavy atom. The molecule has 3 aromatic heterocycles. The zero-order chi connectivity index (χ0) is 24.0. The maximum absolute atomic E-state index is 13.7. The molecule has 10 heteroatoms. The smallest absolute Gasteiger partial charge is 0.397 e. The van der Waals surface area contributed by atoms with E-state index in [0.29, 0.717) is 10.2 Å². The Balaban J connectivity index is 1.82. The number of rotatable bonds is 5. The molecule has 0 aliphatic heterocycles. The second-order valence-corrected chi connectivity index (χ2v) is 10.0. The number of nitrogens with zero attached hydrogens (tertiary/aromatic N) is 2. The van der Waals surface area contributed by atoms with Crippen LogP contribution in [-0.2, 0) is 6.18 Å². The number of amides is 1. The molecule has 5 nitrogen and oxygen atoms in total. The quantitative estimate of drug-likeness (QED) is 0.359. The molecule has 0 saturated heterocycles. The second-order valence-electron chi connectivity index (χ2n) is 8.08. The number of fused-ring (bicyclic) bond motifs is 1. The molecule has 4 aromatic rings.